The summed E-state index contributed by atoms with van der Waals surface area (Å²) in [6.45, 7) is 6.26. The quantitative estimate of drug-likeness (QED) is 0.866. The van der Waals surface area contributed by atoms with Gasteiger partial charge in [-0.15, -0.1) is 0 Å². The lowest BCUT2D eigenvalue weighted by Gasteiger charge is -2.12. The van der Waals surface area contributed by atoms with Gasteiger partial charge in [-0.2, -0.15) is 5.10 Å². The van der Waals surface area contributed by atoms with E-state index in [0.29, 0.717) is 5.69 Å². The summed E-state index contributed by atoms with van der Waals surface area (Å²) in [5, 5.41) is 14.0. The first-order chi connectivity index (χ1) is 7.36. The Kier molecular flexibility index (Phi) is 2.46. The van der Waals surface area contributed by atoms with Crippen molar-refractivity contribution in [1.29, 1.82) is 0 Å². The number of rotatable bonds is 2. The van der Waals surface area contributed by atoms with Gasteiger partial charge in [-0.05, 0) is 0 Å². The number of carboxylic acids is 1. The van der Waals surface area contributed by atoms with Crippen molar-refractivity contribution in [1.82, 2.24) is 14.6 Å². The van der Waals surface area contributed by atoms with Crippen molar-refractivity contribution in [2.75, 3.05) is 0 Å². The summed E-state index contributed by atoms with van der Waals surface area (Å²) in [4.78, 5) is 15.5. The van der Waals surface area contributed by atoms with E-state index in [1.54, 1.807) is 10.7 Å². The highest BCUT2D eigenvalue weighted by atomic mass is 32.1. The lowest BCUT2D eigenvalue weighted by Crippen LogP contribution is -2.10. The number of carboxylic acid groups (broad SMARTS) is 1. The standard InChI is InChI=1S/C10H13N3O2S/c1-10(2,3)8-12-13-5-6(4-7(14)15)11-9(13)16-8/h5H,4H2,1-3H3,(H,14,15). The van der Waals surface area contributed by atoms with Crippen LogP contribution in [0.25, 0.3) is 4.96 Å². The first-order valence-electron chi connectivity index (χ1n) is 4.93. The molecule has 6 heteroatoms. The van der Waals surface area contributed by atoms with E-state index in [9.17, 15) is 4.79 Å². The Morgan fingerprint density at radius 1 is 1.56 bits per heavy atom. The van der Waals surface area contributed by atoms with E-state index < -0.39 is 5.97 Å². The lowest BCUT2D eigenvalue weighted by atomic mass is 9.98. The van der Waals surface area contributed by atoms with Crippen LogP contribution in [0.1, 0.15) is 31.5 Å². The zero-order chi connectivity index (χ0) is 11.9. The van der Waals surface area contributed by atoms with Crippen LogP contribution in [0.5, 0.6) is 0 Å². The van der Waals surface area contributed by atoms with E-state index in [1.165, 1.54) is 11.3 Å². The zero-order valence-corrected chi connectivity index (χ0v) is 10.2. The molecule has 2 heterocycles. The van der Waals surface area contributed by atoms with Crippen molar-refractivity contribution >= 4 is 22.3 Å². The SMILES string of the molecule is CC(C)(C)c1nn2cc(CC(=O)O)nc2s1. The van der Waals surface area contributed by atoms with Gasteiger partial charge < -0.3 is 5.11 Å². The molecule has 2 aromatic heterocycles. The molecule has 0 aromatic carbocycles. The normalized spacial score (nSPS) is 12.2. The van der Waals surface area contributed by atoms with Gasteiger partial charge in [0.1, 0.15) is 5.01 Å². The van der Waals surface area contributed by atoms with Crippen LogP contribution < -0.4 is 0 Å². The molecule has 86 valence electrons. The number of aliphatic carboxylic acids is 1. The molecule has 0 amide bonds. The molecule has 1 N–H and O–H groups in total. The summed E-state index contributed by atoms with van der Waals surface area (Å²) < 4.78 is 1.66. The van der Waals surface area contributed by atoms with E-state index in [-0.39, 0.29) is 11.8 Å². The molecule has 2 rings (SSSR count). The van der Waals surface area contributed by atoms with Gasteiger partial charge in [0.25, 0.3) is 0 Å². The van der Waals surface area contributed by atoms with Crippen LogP contribution >= 0.6 is 11.3 Å². The predicted molar refractivity (Wildman–Crippen MR) is 60.9 cm³/mol. The molecule has 0 saturated heterocycles. The van der Waals surface area contributed by atoms with Gasteiger partial charge in [0.05, 0.1) is 18.3 Å². The third kappa shape index (κ3) is 2.06. The monoisotopic (exact) mass is 239 g/mol. The Hall–Kier alpha value is -1.43. The first-order valence-corrected chi connectivity index (χ1v) is 5.75. The van der Waals surface area contributed by atoms with E-state index in [1.807, 2.05) is 0 Å². The number of fused-ring (bicyclic) bond motifs is 1. The second-order valence-corrected chi connectivity index (χ2v) is 5.64. The van der Waals surface area contributed by atoms with Crippen LogP contribution in [0, 0.1) is 0 Å². The molecule has 0 spiro atoms. The molecule has 0 aliphatic rings. The van der Waals surface area contributed by atoms with E-state index in [4.69, 9.17) is 5.11 Å². The molecule has 0 saturated carbocycles. The number of aromatic nitrogens is 3. The zero-order valence-electron chi connectivity index (χ0n) is 9.39. The van der Waals surface area contributed by atoms with Gasteiger partial charge in [-0.3, -0.25) is 4.79 Å². The van der Waals surface area contributed by atoms with E-state index >= 15 is 0 Å². The summed E-state index contributed by atoms with van der Waals surface area (Å²) in [7, 11) is 0. The van der Waals surface area contributed by atoms with Crippen LogP contribution in [-0.4, -0.2) is 25.7 Å². The number of hydrogen-bond donors (Lipinski definition) is 1. The van der Waals surface area contributed by atoms with Crippen molar-refractivity contribution in [2.45, 2.75) is 32.6 Å². The van der Waals surface area contributed by atoms with Crippen molar-refractivity contribution in [2.24, 2.45) is 0 Å². The molecular weight excluding hydrogens is 226 g/mol. The summed E-state index contributed by atoms with van der Waals surface area (Å²) in [5.41, 5.74) is 0.546. The van der Waals surface area contributed by atoms with Crippen molar-refractivity contribution < 1.29 is 9.90 Å². The molecule has 16 heavy (non-hydrogen) atoms. The molecule has 0 fully saturated rings. The minimum atomic E-state index is -0.873. The van der Waals surface area contributed by atoms with Crippen molar-refractivity contribution in [3.63, 3.8) is 0 Å². The minimum Gasteiger partial charge on any atom is -0.481 e. The Labute approximate surface area is 96.7 Å². The van der Waals surface area contributed by atoms with Gasteiger partial charge >= 0.3 is 5.97 Å². The van der Waals surface area contributed by atoms with Crippen LogP contribution in [0.15, 0.2) is 6.20 Å². The van der Waals surface area contributed by atoms with Crippen LogP contribution in [0.3, 0.4) is 0 Å². The smallest absolute Gasteiger partial charge is 0.309 e. The maximum atomic E-state index is 10.5. The second kappa shape index (κ2) is 3.55. The molecule has 0 aliphatic carbocycles. The fourth-order valence-corrected chi connectivity index (χ4v) is 2.25. The van der Waals surface area contributed by atoms with Gasteiger partial charge in [0.15, 0.2) is 0 Å². The Morgan fingerprint density at radius 2 is 2.25 bits per heavy atom. The van der Waals surface area contributed by atoms with E-state index in [2.05, 4.69) is 30.9 Å². The van der Waals surface area contributed by atoms with Crippen molar-refractivity contribution in [3.8, 4) is 0 Å². The highest BCUT2D eigenvalue weighted by Crippen LogP contribution is 2.27. The summed E-state index contributed by atoms with van der Waals surface area (Å²) >= 11 is 1.50. The van der Waals surface area contributed by atoms with Crippen LogP contribution in [-0.2, 0) is 16.6 Å². The molecule has 0 atom stereocenters. The number of imidazole rings is 1. The summed E-state index contributed by atoms with van der Waals surface area (Å²) in [5.74, 6) is -0.873. The van der Waals surface area contributed by atoms with Gasteiger partial charge in [-0.25, -0.2) is 9.50 Å². The molecule has 0 radical (unpaired) electrons. The van der Waals surface area contributed by atoms with Crippen LogP contribution in [0.4, 0.5) is 0 Å². The number of nitrogens with zero attached hydrogens (tertiary/aromatic N) is 3. The largest absolute Gasteiger partial charge is 0.481 e. The number of carbonyl (C=O) groups is 1. The lowest BCUT2D eigenvalue weighted by molar-refractivity contribution is -0.136. The fraction of sp³-hybridized carbons (Fsp3) is 0.500. The van der Waals surface area contributed by atoms with Crippen molar-refractivity contribution in [3.05, 3.63) is 16.9 Å². The third-order valence-electron chi connectivity index (χ3n) is 2.07. The highest BCUT2D eigenvalue weighted by molar-refractivity contribution is 7.16. The molecule has 5 nitrogen and oxygen atoms in total. The Morgan fingerprint density at radius 3 is 2.75 bits per heavy atom. The topological polar surface area (TPSA) is 67.5 Å². The summed E-state index contributed by atoms with van der Waals surface area (Å²) in [6.07, 6.45) is 1.62. The highest BCUT2D eigenvalue weighted by Gasteiger charge is 2.20. The Bertz CT molecular complexity index is 504. The molecule has 2 aromatic rings. The van der Waals surface area contributed by atoms with Crippen LogP contribution in [0.2, 0.25) is 0 Å². The first kappa shape index (κ1) is 11.1. The van der Waals surface area contributed by atoms with Gasteiger partial charge in [0, 0.05) is 5.41 Å². The third-order valence-corrected chi connectivity index (χ3v) is 3.42. The maximum Gasteiger partial charge on any atom is 0.309 e. The molecule has 0 unspecified atom stereocenters. The molecule has 0 aliphatic heterocycles. The van der Waals surface area contributed by atoms with E-state index in [0.717, 1.165) is 9.97 Å². The van der Waals surface area contributed by atoms with Gasteiger partial charge in [0.2, 0.25) is 4.96 Å². The maximum absolute atomic E-state index is 10.5. The molecule has 0 bridgehead atoms. The average Bonchev–Trinajstić information content (AvgIpc) is 2.57. The average molecular weight is 239 g/mol. The fourth-order valence-electron chi connectivity index (χ4n) is 1.29. The number of hydrogen-bond acceptors (Lipinski definition) is 4. The molecular formula is C10H13N3O2S. The Balaban J connectivity index is 2.37. The summed E-state index contributed by atoms with van der Waals surface area (Å²) in [6, 6.07) is 0. The minimum absolute atomic E-state index is 0.00166. The van der Waals surface area contributed by atoms with Gasteiger partial charge in [-0.1, -0.05) is 32.1 Å². The second-order valence-electron chi connectivity index (χ2n) is 4.69. The predicted octanol–water partition coefficient (Wildman–Crippen LogP) is 1.72.